The maximum absolute atomic E-state index is 13.4. The molecular formula is C21H19F4N5O2. The Morgan fingerprint density at radius 2 is 1.81 bits per heavy atom. The summed E-state index contributed by atoms with van der Waals surface area (Å²) in [5, 5.41) is 6.43. The van der Waals surface area contributed by atoms with Gasteiger partial charge in [-0.1, -0.05) is 17.3 Å². The zero-order valence-corrected chi connectivity index (χ0v) is 16.8. The molecule has 0 aliphatic carbocycles. The number of anilines is 1. The Hall–Kier alpha value is -3.47. The van der Waals surface area contributed by atoms with Crippen LogP contribution in [0.1, 0.15) is 11.4 Å². The van der Waals surface area contributed by atoms with Gasteiger partial charge in [-0.25, -0.2) is 9.18 Å². The molecule has 32 heavy (non-hydrogen) atoms. The maximum atomic E-state index is 13.4. The number of aromatic nitrogens is 2. The summed E-state index contributed by atoms with van der Waals surface area (Å²) < 4.78 is 57.1. The van der Waals surface area contributed by atoms with Crippen molar-refractivity contribution in [3.05, 3.63) is 65.7 Å². The standard InChI is InChI=1S/C21H19F4N5O2/c22-16-5-1-3-14(11-16)19-27-18(28-32-19)13-29-7-9-30(10-8-29)20(31)26-17-6-2-4-15(12-17)21(23,24)25/h1-6,11-12H,7-10,13H2,(H,26,31). The van der Waals surface area contributed by atoms with Gasteiger partial charge >= 0.3 is 12.2 Å². The van der Waals surface area contributed by atoms with Crippen LogP contribution in [0.2, 0.25) is 0 Å². The maximum Gasteiger partial charge on any atom is 0.416 e. The molecule has 0 atom stereocenters. The summed E-state index contributed by atoms with van der Waals surface area (Å²) in [6.45, 7) is 2.22. The number of alkyl halides is 3. The molecule has 1 saturated heterocycles. The van der Waals surface area contributed by atoms with Crippen molar-refractivity contribution in [2.24, 2.45) is 0 Å². The highest BCUT2D eigenvalue weighted by Crippen LogP contribution is 2.30. The van der Waals surface area contributed by atoms with E-state index in [-0.39, 0.29) is 11.6 Å². The number of rotatable bonds is 4. The Balaban J connectivity index is 1.29. The van der Waals surface area contributed by atoms with Crippen LogP contribution in [0.15, 0.2) is 53.1 Å². The first kappa shape index (κ1) is 21.8. The average molecular weight is 449 g/mol. The van der Waals surface area contributed by atoms with E-state index in [0.29, 0.717) is 44.1 Å². The molecule has 2 heterocycles. The molecule has 1 aliphatic heterocycles. The Morgan fingerprint density at radius 1 is 1.06 bits per heavy atom. The zero-order chi connectivity index (χ0) is 22.7. The summed E-state index contributed by atoms with van der Waals surface area (Å²) in [6, 6.07) is 9.90. The molecule has 2 aromatic carbocycles. The molecule has 0 spiro atoms. The Kier molecular flexibility index (Phi) is 6.08. The van der Waals surface area contributed by atoms with Crippen LogP contribution >= 0.6 is 0 Å². The first-order valence-electron chi connectivity index (χ1n) is 9.82. The molecule has 0 bridgehead atoms. The van der Waals surface area contributed by atoms with Gasteiger partial charge in [0.25, 0.3) is 5.89 Å². The summed E-state index contributed by atoms with van der Waals surface area (Å²) >= 11 is 0. The van der Waals surface area contributed by atoms with Gasteiger partial charge in [-0.3, -0.25) is 4.90 Å². The number of carbonyl (C=O) groups is 1. The van der Waals surface area contributed by atoms with Gasteiger partial charge < -0.3 is 14.7 Å². The molecule has 1 aliphatic rings. The molecule has 3 aromatic rings. The van der Waals surface area contributed by atoms with Gasteiger partial charge in [0.2, 0.25) is 0 Å². The van der Waals surface area contributed by atoms with E-state index in [1.807, 2.05) is 4.90 Å². The van der Waals surface area contributed by atoms with Gasteiger partial charge in [-0.15, -0.1) is 0 Å². The topological polar surface area (TPSA) is 74.5 Å². The smallest absolute Gasteiger partial charge is 0.334 e. The summed E-state index contributed by atoms with van der Waals surface area (Å²) in [4.78, 5) is 20.3. The predicted octanol–water partition coefficient (Wildman–Crippen LogP) is 4.24. The summed E-state index contributed by atoms with van der Waals surface area (Å²) in [6.07, 6.45) is -4.48. The third-order valence-corrected chi connectivity index (χ3v) is 5.01. The number of amides is 2. The second-order valence-electron chi connectivity index (χ2n) is 7.30. The van der Waals surface area contributed by atoms with Crippen molar-refractivity contribution < 1.29 is 26.9 Å². The number of hydrogen-bond donors (Lipinski definition) is 1. The molecule has 0 radical (unpaired) electrons. The molecule has 11 heteroatoms. The van der Waals surface area contributed by atoms with Crippen LogP contribution in [-0.2, 0) is 12.7 Å². The van der Waals surface area contributed by atoms with Crippen LogP contribution in [0.25, 0.3) is 11.5 Å². The lowest BCUT2D eigenvalue weighted by molar-refractivity contribution is -0.137. The van der Waals surface area contributed by atoms with Crippen molar-refractivity contribution in [2.45, 2.75) is 12.7 Å². The number of benzene rings is 2. The van der Waals surface area contributed by atoms with Crippen molar-refractivity contribution in [2.75, 3.05) is 31.5 Å². The van der Waals surface area contributed by atoms with Crippen LogP contribution in [0.3, 0.4) is 0 Å². The molecule has 1 aromatic heterocycles. The number of hydrogen-bond acceptors (Lipinski definition) is 5. The van der Waals surface area contributed by atoms with Crippen LogP contribution in [0.4, 0.5) is 28.0 Å². The van der Waals surface area contributed by atoms with Gasteiger partial charge in [0.1, 0.15) is 5.82 Å². The molecule has 1 N–H and O–H groups in total. The molecular weight excluding hydrogens is 430 g/mol. The van der Waals surface area contributed by atoms with E-state index in [9.17, 15) is 22.4 Å². The van der Waals surface area contributed by atoms with Crippen molar-refractivity contribution >= 4 is 11.7 Å². The molecule has 7 nitrogen and oxygen atoms in total. The first-order chi connectivity index (χ1) is 15.3. The van der Waals surface area contributed by atoms with E-state index in [2.05, 4.69) is 15.5 Å². The lowest BCUT2D eigenvalue weighted by Gasteiger charge is -2.34. The number of halogens is 4. The average Bonchev–Trinajstić information content (AvgIpc) is 3.22. The third kappa shape index (κ3) is 5.22. The van der Waals surface area contributed by atoms with E-state index in [1.165, 1.54) is 29.2 Å². The molecule has 4 rings (SSSR count). The third-order valence-electron chi connectivity index (χ3n) is 5.01. The Labute approximate surface area is 180 Å². The molecule has 0 saturated carbocycles. The van der Waals surface area contributed by atoms with Gasteiger partial charge in [0.05, 0.1) is 12.1 Å². The fourth-order valence-corrected chi connectivity index (χ4v) is 3.34. The number of nitrogens with one attached hydrogen (secondary N) is 1. The van der Waals surface area contributed by atoms with E-state index in [1.54, 1.807) is 12.1 Å². The minimum absolute atomic E-state index is 0.0870. The van der Waals surface area contributed by atoms with E-state index >= 15 is 0 Å². The highest BCUT2D eigenvalue weighted by atomic mass is 19.4. The van der Waals surface area contributed by atoms with Crippen LogP contribution in [0, 0.1) is 5.82 Å². The normalized spacial score (nSPS) is 15.1. The first-order valence-corrected chi connectivity index (χ1v) is 9.82. The monoisotopic (exact) mass is 449 g/mol. The lowest BCUT2D eigenvalue weighted by Crippen LogP contribution is -2.49. The van der Waals surface area contributed by atoms with Gasteiger partial charge in [0.15, 0.2) is 5.82 Å². The van der Waals surface area contributed by atoms with E-state index in [0.717, 1.165) is 12.1 Å². The molecule has 0 unspecified atom stereocenters. The number of urea groups is 1. The Bertz CT molecular complexity index is 1090. The van der Waals surface area contributed by atoms with Crippen LogP contribution < -0.4 is 5.32 Å². The minimum Gasteiger partial charge on any atom is -0.334 e. The summed E-state index contributed by atoms with van der Waals surface area (Å²) in [7, 11) is 0. The SMILES string of the molecule is O=C(Nc1cccc(C(F)(F)F)c1)N1CCN(Cc2noc(-c3cccc(F)c3)n2)CC1. The van der Waals surface area contributed by atoms with Crippen LogP contribution in [0.5, 0.6) is 0 Å². The lowest BCUT2D eigenvalue weighted by atomic mass is 10.2. The zero-order valence-electron chi connectivity index (χ0n) is 16.8. The molecule has 1 fully saturated rings. The quantitative estimate of drug-likeness (QED) is 0.603. The van der Waals surface area contributed by atoms with Crippen molar-refractivity contribution in [3.63, 3.8) is 0 Å². The van der Waals surface area contributed by atoms with Crippen LogP contribution in [-0.4, -0.2) is 52.2 Å². The van der Waals surface area contributed by atoms with Gasteiger partial charge in [-0.2, -0.15) is 18.2 Å². The highest BCUT2D eigenvalue weighted by molar-refractivity contribution is 5.89. The van der Waals surface area contributed by atoms with E-state index < -0.39 is 23.6 Å². The van der Waals surface area contributed by atoms with Crippen molar-refractivity contribution in [3.8, 4) is 11.5 Å². The fraction of sp³-hybridized carbons (Fsp3) is 0.286. The number of nitrogens with zero attached hydrogens (tertiary/aromatic N) is 4. The van der Waals surface area contributed by atoms with Crippen molar-refractivity contribution in [1.29, 1.82) is 0 Å². The van der Waals surface area contributed by atoms with Gasteiger partial charge in [-0.05, 0) is 36.4 Å². The largest absolute Gasteiger partial charge is 0.416 e. The highest BCUT2D eigenvalue weighted by Gasteiger charge is 2.30. The number of carbonyl (C=O) groups excluding carboxylic acids is 1. The molecule has 168 valence electrons. The summed E-state index contributed by atoms with van der Waals surface area (Å²) in [5.74, 6) is 0.256. The van der Waals surface area contributed by atoms with E-state index in [4.69, 9.17) is 4.52 Å². The predicted molar refractivity (Wildman–Crippen MR) is 107 cm³/mol. The molecule has 2 amide bonds. The van der Waals surface area contributed by atoms with Gasteiger partial charge in [0, 0.05) is 37.4 Å². The minimum atomic E-state index is -4.48. The summed E-state index contributed by atoms with van der Waals surface area (Å²) in [5.41, 5.74) is -0.249. The fourth-order valence-electron chi connectivity index (χ4n) is 3.34. The number of piperazine rings is 1. The van der Waals surface area contributed by atoms with Crippen molar-refractivity contribution in [1.82, 2.24) is 19.9 Å². The Morgan fingerprint density at radius 3 is 2.53 bits per heavy atom. The second-order valence-corrected chi connectivity index (χ2v) is 7.30. The second kappa shape index (κ2) is 8.95.